The van der Waals surface area contributed by atoms with Gasteiger partial charge in [-0.3, -0.25) is 5.10 Å². The van der Waals surface area contributed by atoms with E-state index < -0.39 is 4.33 Å². The third-order valence-electron chi connectivity index (χ3n) is 2.40. The van der Waals surface area contributed by atoms with Crippen LogP contribution >= 0.6 is 35.0 Å². The van der Waals surface area contributed by atoms with E-state index in [4.69, 9.17) is 23.2 Å². The number of H-pyrrole nitrogens is 1. The quantitative estimate of drug-likeness (QED) is 0.672. The van der Waals surface area contributed by atoms with Crippen LogP contribution < -0.4 is 0 Å². The van der Waals surface area contributed by atoms with E-state index in [1.54, 1.807) is 11.8 Å². The highest BCUT2D eigenvalue weighted by molar-refractivity contribution is 7.99. The van der Waals surface area contributed by atoms with Crippen LogP contribution in [0, 0.1) is 5.92 Å². The number of halogens is 2. The summed E-state index contributed by atoms with van der Waals surface area (Å²) in [5.41, 5.74) is 0. The first kappa shape index (κ1) is 11.6. The summed E-state index contributed by atoms with van der Waals surface area (Å²) in [5, 5.41) is 7.83. The Kier molecular flexibility index (Phi) is 3.20. The van der Waals surface area contributed by atoms with Gasteiger partial charge in [0, 0.05) is 17.6 Å². The molecular formula is C9H13Cl2N3S. The van der Waals surface area contributed by atoms with Gasteiger partial charge in [0.25, 0.3) is 0 Å². The predicted molar refractivity (Wildman–Crippen MR) is 63.7 cm³/mol. The Labute approximate surface area is 103 Å². The SMILES string of the molecule is CC(C)c1nc(SCC2CC2(Cl)Cl)n[nH]1. The summed E-state index contributed by atoms with van der Waals surface area (Å²) >= 11 is 13.5. The van der Waals surface area contributed by atoms with Crippen LogP contribution in [0.2, 0.25) is 0 Å². The lowest BCUT2D eigenvalue weighted by molar-refractivity contribution is 0.780. The van der Waals surface area contributed by atoms with Gasteiger partial charge >= 0.3 is 0 Å². The van der Waals surface area contributed by atoms with Crippen LogP contribution in [0.15, 0.2) is 5.16 Å². The number of alkyl halides is 2. The Hall–Kier alpha value is 0.0700. The molecule has 1 atom stereocenters. The summed E-state index contributed by atoms with van der Waals surface area (Å²) in [4.78, 5) is 4.37. The number of rotatable bonds is 4. The van der Waals surface area contributed by atoms with Crippen molar-refractivity contribution < 1.29 is 0 Å². The third-order valence-corrected chi connectivity index (χ3v) is 4.33. The minimum Gasteiger partial charge on any atom is -0.262 e. The van der Waals surface area contributed by atoms with Crippen molar-refractivity contribution in [2.75, 3.05) is 5.75 Å². The van der Waals surface area contributed by atoms with Crippen molar-refractivity contribution in [2.24, 2.45) is 5.92 Å². The molecule has 0 aromatic carbocycles. The number of hydrogen-bond donors (Lipinski definition) is 1. The van der Waals surface area contributed by atoms with Gasteiger partial charge in [0.15, 0.2) is 0 Å². The van der Waals surface area contributed by atoms with Crippen molar-refractivity contribution >= 4 is 35.0 Å². The summed E-state index contributed by atoms with van der Waals surface area (Å²) in [7, 11) is 0. The number of aromatic nitrogens is 3. The molecule has 0 bridgehead atoms. The highest BCUT2D eigenvalue weighted by atomic mass is 35.5. The molecule has 0 spiro atoms. The molecule has 1 unspecified atom stereocenters. The molecule has 0 amide bonds. The number of hydrogen-bond acceptors (Lipinski definition) is 3. The van der Waals surface area contributed by atoms with Crippen LogP contribution in [0.3, 0.4) is 0 Å². The lowest BCUT2D eigenvalue weighted by atomic mass is 10.2. The minimum absolute atomic E-state index is 0.381. The summed E-state index contributed by atoms with van der Waals surface area (Å²) in [5.74, 6) is 2.58. The van der Waals surface area contributed by atoms with E-state index in [1.165, 1.54) is 0 Å². The van der Waals surface area contributed by atoms with Crippen LogP contribution in [0.5, 0.6) is 0 Å². The van der Waals surface area contributed by atoms with E-state index in [9.17, 15) is 0 Å². The average molecular weight is 266 g/mol. The first-order chi connectivity index (χ1) is 6.99. The van der Waals surface area contributed by atoms with Crippen LogP contribution in [0.25, 0.3) is 0 Å². The van der Waals surface area contributed by atoms with Gasteiger partial charge in [0.1, 0.15) is 10.2 Å². The monoisotopic (exact) mass is 265 g/mol. The van der Waals surface area contributed by atoms with Gasteiger partial charge in [-0.1, -0.05) is 25.6 Å². The van der Waals surface area contributed by atoms with E-state index in [2.05, 4.69) is 29.0 Å². The number of thioether (sulfide) groups is 1. The van der Waals surface area contributed by atoms with E-state index in [-0.39, 0.29) is 0 Å². The van der Waals surface area contributed by atoms with Gasteiger partial charge in [-0.2, -0.15) is 0 Å². The summed E-state index contributed by atoms with van der Waals surface area (Å²) in [6.07, 6.45) is 0.880. The van der Waals surface area contributed by atoms with E-state index in [0.717, 1.165) is 23.2 Å². The molecule has 1 fully saturated rings. The summed E-state index contributed by atoms with van der Waals surface area (Å²) in [6, 6.07) is 0. The normalized spacial score (nSPS) is 23.4. The van der Waals surface area contributed by atoms with E-state index >= 15 is 0 Å². The first-order valence-corrected chi connectivity index (χ1v) is 6.66. The van der Waals surface area contributed by atoms with Crippen LogP contribution in [-0.2, 0) is 0 Å². The highest BCUT2D eigenvalue weighted by Crippen LogP contribution is 2.54. The predicted octanol–water partition coefficient (Wildman–Crippen LogP) is 3.21. The van der Waals surface area contributed by atoms with Gasteiger partial charge in [-0.05, 0) is 6.42 Å². The van der Waals surface area contributed by atoms with E-state index in [0.29, 0.717) is 11.8 Å². The van der Waals surface area contributed by atoms with Gasteiger partial charge < -0.3 is 0 Å². The van der Waals surface area contributed by atoms with Crippen molar-refractivity contribution in [3.8, 4) is 0 Å². The second kappa shape index (κ2) is 4.15. The Morgan fingerprint density at radius 1 is 1.60 bits per heavy atom. The zero-order chi connectivity index (χ0) is 11.1. The van der Waals surface area contributed by atoms with Crippen molar-refractivity contribution in [1.29, 1.82) is 0 Å². The minimum atomic E-state index is -0.496. The molecule has 15 heavy (non-hydrogen) atoms. The standard InChI is InChI=1S/C9H13Cl2N3S/c1-5(2)7-12-8(14-13-7)15-4-6-3-9(6,10)11/h5-6H,3-4H2,1-2H3,(H,12,13,14). The maximum atomic E-state index is 5.93. The van der Waals surface area contributed by atoms with Crippen molar-refractivity contribution in [3.05, 3.63) is 5.82 Å². The fraction of sp³-hybridized carbons (Fsp3) is 0.778. The van der Waals surface area contributed by atoms with Crippen molar-refractivity contribution in [1.82, 2.24) is 15.2 Å². The number of nitrogens with one attached hydrogen (secondary N) is 1. The molecule has 0 radical (unpaired) electrons. The molecule has 0 aliphatic heterocycles. The first-order valence-electron chi connectivity index (χ1n) is 4.92. The van der Waals surface area contributed by atoms with Gasteiger partial charge in [-0.25, -0.2) is 4.98 Å². The molecule has 1 aliphatic carbocycles. The molecule has 0 saturated heterocycles. The van der Waals surface area contributed by atoms with Crippen molar-refractivity contribution in [2.45, 2.75) is 35.7 Å². The molecular weight excluding hydrogens is 253 g/mol. The Balaban J connectivity index is 1.84. The number of aromatic amines is 1. The van der Waals surface area contributed by atoms with E-state index in [1.807, 2.05) is 0 Å². The van der Waals surface area contributed by atoms with Crippen LogP contribution in [-0.4, -0.2) is 25.3 Å². The third kappa shape index (κ3) is 2.80. The molecule has 1 aromatic rings. The molecule has 1 saturated carbocycles. The van der Waals surface area contributed by atoms with Gasteiger partial charge in [0.05, 0.1) is 0 Å². The van der Waals surface area contributed by atoms with Gasteiger partial charge in [0.2, 0.25) is 5.16 Å². The van der Waals surface area contributed by atoms with Crippen LogP contribution in [0.4, 0.5) is 0 Å². The Bertz CT molecular complexity index is 351. The number of nitrogens with zero attached hydrogens (tertiary/aromatic N) is 2. The molecule has 1 aliphatic rings. The zero-order valence-electron chi connectivity index (χ0n) is 8.63. The second-order valence-electron chi connectivity index (χ2n) is 4.13. The smallest absolute Gasteiger partial charge is 0.208 e. The largest absolute Gasteiger partial charge is 0.262 e. The molecule has 84 valence electrons. The zero-order valence-corrected chi connectivity index (χ0v) is 11.0. The highest BCUT2D eigenvalue weighted by Gasteiger charge is 2.51. The summed E-state index contributed by atoms with van der Waals surface area (Å²) in [6.45, 7) is 4.16. The molecule has 1 N–H and O–H groups in total. The maximum Gasteiger partial charge on any atom is 0.208 e. The van der Waals surface area contributed by atoms with Crippen molar-refractivity contribution in [3.63, 3.8) is 0 Å². The Morgan fingerprint density at radius 2 is 2.27 bits per heavy atom. The lowest BCUT2D eigenvalue weighted by Crippen LogP contribution is -1.93. The topological polar surface area (TPSA) is 41.6 Å². The summed E-state index contributed by atoms with van der Waals surface area (Å²) < 4.78 is -0.496. The maximum absolute atomic E-state index is 5.93. The fourth-order valence-corrected chi connectivity index (χ4v) is 2.94. The Morgan fingerprint density at radius 3 is 2.73 bits per heavy atom. The molecule has 3 nitrogen and oxygen atoms in total. The van der Waals surface area contributed by atoms with Crippen LogP contribution in [0.1, 0.15) is 32.0 Å². The molecule has 1 aromatic heterocycles. The fourth-order valence-electron chi connectivity index (χ4n) is 1.21. The average Bonchev–Trinajstić information content (AvgIpc) is 2.63. The molecule has 6 heteroatoms. The molecule has 1 heterocycles. The van der Waals surface area contributed by atoms with Gasteiger partial charge in [-0.15, -0.1) is 28.3 Å². The molecule has 2 rings (SSSR count). The lowest BCUT2D eigenvalue weighted by Gasteiger charge is -1.97. The second-order valence-corrected chi connectivity index (χ2v) is 6.66.